The van der Waals surface area contributed by atoms with Crippen molar-refractivity contribution in [2.75, 3.05) is 26.8 Å². The molecule has 0 unspecified atom stereocenters. The number of hydrogen-bond acceptors (Lipinski definition) is 4. The molecular formula is C20H23F3N2O4. The maximum Gasteiger partial charge on any atom is 0.416 e. The zero-order chi connectivity index (χ0) is 20.8. The molecule has 1 saturated carbocycles. The lowest BCUT2D eigenvalue weighted by molar-refractivity contribution is -0.142. The van der Waals surface area contributed by atoms with Crippen LogP contribution in [-0.2, 0) is 15.7 Å². The number of rotatable bonds is 3. The van der Waals surface area contributed by atoms with Gasteiger partial charge in [0.1, 0.15) is 12.4 Å². The van der Waals surface area contributed by atoms with E-state index in [-0.39, 0.29) is 29.0 Å². The molecule has 0 atom stereocenters. The zero-order valence-electron chi connectivity index (χ0n) is 16.1. The Bertz CT molecular complexity index is 812. The van der Waals surface area contributed by atoms with Crippen LogP contribution in [0.3, 0.4) is 0 Å². The van der Waals surface area contributed by atoms with Gasteiger partial charge in [-0.1, -0.05) is 6.07 Å². The topological polar surface area (TPSA) is 67.9 Å². The number of piperidine rings is 1. The van der Waals surface area contributed by atoms with E-state index < -0.39 is 17.8 Å². The first-order valence-electron chi connectivity index (χ1n) is 9.70. The Morgan fingerprint density at radius 3 is 2.52 bits per heavy atom. The first-order valence-corrected chi connectivity index (χ1v) is 9.70. The van der Waals surface area contributed by atoms with Crippen molar-refractivity contribution in [2.45, 2.75) is 43.3 Å². The van der Waals surface area contributed by atoms with Gasteiger partial charge in [0.2, 0.25) is 5.91 Å². The van der Waals surface area contributed by atoms with Gasteiger partial charge in [0, 0.05) is 19.0 Å². The van der Waals surface area contributed by atoms with Crippen LogP contribution in [0, 0.1) is 5.92 Å². The number of ether oxygens (including phenoxy) is 2. The normalized spacial score (nSPS) is 27.4. The number of amides is 2. The van der Waals surface area contributed by atoms with E-state index in [0.29, 0.717) is 45.4 Å². The first-order chi connectivity index (χ1) is 13.7. The van der Waals surface area contributed by atoms with Gasteiger partial charge in [-0.3, -0.25) is 4.79 Å². The van der Waals surface area contributed by atoms with Crippen molar-refractivity contribution >= 4 is 12.0 Å². The minimum Gasteiger partial charge on any atom is -0.496 e. The van der Waals surface area contributed by atoms with Crippen molar-refractivity contribution in [3.05, 3.63) is 29.3 Å². The van der Waals surface area contributed by atoms with E-state index in [1.165, 1.54) is 13.2 Å². The predicted octanol–water partition coefficient (Wildman–Crippen LogP) is 3.31. The Hall–Kier alpha value is -2.45. The van der Waals surface area contributed by atoms with Crippen LogP contribution in [0.2, 0.25) is 0 Å². The molecule has 2 amide bonds. The summed E-state index contributed by atoms with van der Waals surface area (Å²) in [7, 11) is 1.37. The van der Waals surface area contributed by atoms with Gasteiger partial charge in [-0.25, -0.2) is 4.79 Å². The lowest BCUT2D eigenvalue weighted by atomic mass is 9.68. The molecule has 29 heavy (non-hydrogen) atoms. The monoisotopic (exact) mass is 412 g/mol. The number of nitrogens with zero attached hydrogens (tertiary/aromatic N) is 1. The summed E-state index contributed by atoms with van der Waals surface area (Å²) in [5.74, 6) is 0.248. The molecule has 3 aliphatic rings. The number of benzene rings is 1. The lowest BCUT2D eigenvalue weighted by Gasteiger charge is -2.45. The third-order valence-electron chi connectivity index (χ3n) is 6.28. The Labute approximate surface area is 166 Å². The molecule has 1 spiro atoms. The van der Waals surface area contributed by atoms with E-state index in [4.69, 9.17) is 9.47 Å². The van der Waals surface area contributed by atoms with Crippen LogP contribution in [0.5, 0.6) is 5.75 Å². The molecule has 158 valence electrons. The number of likely N-dealkylation sites (tertiary alicyclic amines) is 1. The maximum absolute atomic E-state index is 12.9. The highest BCUT2D eigenvalue weighted by molar-refractivity contribution is 5.81. The SMILES string of the molecule is COc1cc(C(F)(F)F)ccc1C1CCN(C(=O)[C@H]2C[C@]3(COC(=O)N3)C2)CC1. The molecule has 1 aromatic carbocycles. The fourth-order valence-electron chi connectivity index (χ4n) is 4.66. The van der Waals surface area contributed by atoms with Crippen molar-refractivity contribution in [1.82, 2.24) is 10.2 Å². The summed E-state index contributed by atoms with van der Waals surface area (Å²) in [5, 5.41) is 2.78. The molecule has 2 aliphatic heterocycles. The molecule has 6 nitrogen and oxygen atoms in total. The van der Waals surface area contributed by atoms with Crippen LogP contribution in [0.4, 0.5) is 18.0 Å². The summed E-state index contributed by atoms with van der Waals surface area (Å²) in [6, 6.07) is 3.61. The van der Waals surface area contributed by atoms with Gasteiger partial charge in [0.15, 0.2) is 0 Å². The van der Waals surface area contributed by atoms with Crippen molar-refractivity contribution in [3.8, 4) is 5.75 Å². The third-order valence-corrected chi connectivity index (χ3v) is 6.28. The number of hydrogen-bond donors (Lipinski definition) is 1. The number of carbonyl (C=O) groups is 2. The van der Waals surface area contributed by atoms with Gasteiger partial charge >= 0.3 is 12.3 Å². The van der Waals surface area contributed by atoms with Crippen LogP contribution in [0.15, 0.2) is 18.2 Å². The van der Waals surface area contributed by atoms with Crippen molar-refractivity contribution in [1.29, 1.82) is 0 Å². The maximum atomic E-state index is 12.9. The molecule has 0 bridgehead atoms. The molecule has 2 heterocycles. The number of cyclic esters (lactones) is 1. The molecular weight excluding hydrogens is 389 g/mol. The number of nitrogens with one attached hydrogen (secondary N) is 1. The smallest absolute Gasteiger partial charge is 0.416 e. The highest BCUT2D eigenvalue weighted by atomic mass is 19.4. The Morgan fingerprint density at radius 1 is 1.28 bits per heavy atom. The summed E-state index contributed by atoms with van der Waals surface area (Å²) in [4.78, 5) is 25.8. The van der Waals surface area contributed by atoms with Gasteiger partial charge in [0.25, 0.3) is 0 Å². The summed E-state index contributed by atoms with van der Waals surface area (Å²) >= 11 is 0. The number of carbonyl (C=O) groups excluding carboxylic acids is 2. The first kappa shape index (κ1) is 19.8. The average molecular weight is 412 g/mol. The van der Waals surface area contributed by atoms with E-state index in [2.05, 4.69) is 5.32 Å². The largest absolute Gasteiger partial charge is 0.496 e. The zero-order valence-corrected chi connectivity index (χ0v) is 16.1. The lowest BCUT2D eigenvalue weighted by Crippen LogP contribution is -2.58. The molecule has 2 saturated heterocycles. The fraction of sp³-hybridized carbons (Fsp3) is 0.600. The quantitative estimate of drug-likeness (QED) is 0.827. The van der Waals surface area contributed by atoms with Crippen molar-refractivity contribution in [2.24, 2.45) is 5.92 Å². The van der Waals surface area contributed by atoms with Gasteiger partial charge in [-0.2, -0.15) is 13.2 Å². The number of halogens is 3. The van der Waals surface area contributed by atoms with Gasteiger partial charge in [-0.05, 0) is 49.3 Å². The fourth-order valence-corrected chi connectivity index (χ4v) is 4.66. The summed E-state index contributed by atoms with van der Waals surface area (Å²) < 4.78 is 49.0. The molecule has 4 rings (SSSR count). The van der Waals surface area contributed by atoms with Gasteiger partial charge < -0.3 is 19.7 Å². The van der Waals surface area contributed by atoms with Crippen LogP contribution in [-0.4, -0.2) is 49.2 Å². The van der Waals surface area contributed by atoms with E-state index in [0.717, 1.165) is 17.7 Å². The van der Waals surface area contributed by atoms with Crippen LogP contribution in [0.25, 0.3) is 0 Å². The Morgan fingerprint density at radius 2 is 1.97 bits per heavy atom. The summed E-state index contributed by atoms with van der Waals surface area (Å²) in [6.07, 6.45) is -2.32. The molecule has 3 fully saturated rings. The van der Waals surface area contributed by atoms with E-state index in [9.17, 15) is 22.8 Å². The molecule has 9 heteroatoms. The summed E-state index contributed by atoms with van der Waals surface area (Å²) in [5.41, 5.74) is -0.364. The second-order valence-electron chi connectivity index (χ2n) is 8.14. The second kappa shape index (κ2) is 7.11. The third kappa shape index (κ3) is 3.74. The van der Waals surface area contributed by atoms with Crippen LogP contribution >= 0.6 is 0 Å². The number of methoxy groups -OCH3 is 1. The highest BCUT2D eigenvalue weighted by Crippen LogP contribution is 2.43. The van der Waals surface area contributed by atoms with Crippen LogP contribution < -0.4 is 10.1 Å². The molecule has 1 N–H and O–H groups in total. The average Bonchev–Trinajstić information content (AvgIpc) is 3.07. The predicted molar refractivity (Wildman–Crippen MR) is 96.5 cm³/mol. The van der Waals surface area contributed by atoms with E-state index in [1.54, 1.807) is 0 Å². The molecule has 0 aromatic heterocycles. The number of alkyl carbamates (subject to hydrolysis) is 1. The standard InChI is InChI=1S/C20H23F3N2O4/c1-28-16-8-14(20(21,22)23)2-3-15(16)12-4-6-25(7-5-12)17(26)13-9-19(10-13)11-29-18(27)24-19/h2-3,8,12-13H,4-7,9-11H2,1H3,(H,24,27)/t13-,19+. The Balaban J connectivity index is 1.35. The Kier molecular flexibility index (Phi) is 4.86. The van der Waals surface area contributed by atoms with Crippen LogP contribution in [0.1, 0.15) is 42.7 Å². The molecule has 1 aromatic rings. The highest BCUT2D eigenvalue weighted by Gasteiger charge is 2.53. The molecule has 0 radical (unpaired) electrons. The van der Waals surface area contributed by atoms with Gasteiger partial charge in [0.05, 0.1) is 18.2 Å². The second-order valence-corrected chi connectivity index (χ2v) is 8.14. The molecule has 1 aliphatic carbocycles. The minimum absolute atomic E-state index is 0.0477. The van der Waals surface area contributed by atoms with Gasteiger partial charge in [-0.15, -0.1) is 0 Å². The minimum atomic E-state index is -4.41. The van der Waals surface area contributed by atoms with E-state index >= 15 is 0 Å². The summed E-state index contributed by atoms with van der Waals surface area (Å²) in [6.45, 7) is 1.42. The van der Waals surface area contributed by atoms with Crippen molar-refractivity contribution in [3.63, 3.8) is 0 Å². The van der Waals surface area contributed by atoms with E-state index in [1.807, 2.05) is 4.90 Å². The van der Waals surface area contributed by atoms with Crippen molar-refractivity contribution < 1.29 is 32.2 Å². The number of alkyl halides is 3.